The van der Waals surface area contributed by atoms with E-state index in [1.54, 1.807) is 0 Å². The quantitative estimate of drug-likeness (QED) is 0.604. The molecule has 12 heavy (non-hydrogen) atoms. The van der Waals surface area contributed by atoms with Gasteiger partial charge in [0.15, 0.2) is 0 Å². The molecule has 0 aromatic heterocycles. The maximum atomic E-state index is 8.82. The molecule has 0 aliphatic rings. The van der Waals surface area contributed by atoms with E-state index in [1.165, 1.54) is 0 Å². The van der Waals surface area contributed by atoms with E-state index >= 15 is 0 Å². The van der Waals surface area contributed by atoms with Crippen LogP contribution in [-0.2, 0) is 0 Å². The summed E-state index contributed by atoms with van der Waals surface area (Å²) in [5, 5.41) is 8.82. The molecule has 1 aromatic rings. The molecule has 2 heteroatoms. The Labute approximate surface area is 72.6 Å². The van der Waals surface area contributed by atoms with Crippen molar-refractivity contribution in [1.82, 2.24) is 4.90 Å². The maximum absolute atomic E-state index is 8.82. The van der Waals surface area contributed by atoms with E-state index in [-0.39, 0.29) is 0 Å². The Morgan fingerprint density at radius 2 is 1.83 bits per heavy atom. The molecule has 0 fully saturated rings. The second kappa shape index (κ2) is 3.74. The highest BCUT2D eigenvalue weighted by molar-refractivity contribution is 5.89. The summed E-state index contributed by atoms with van der Waals surface area (Å²) in [6.07, 6.45) is 0. The lowest BCUT2D eigenvalue weighted by molar-refractivity contribution is 0.597. The highest BCUT2D eigenvalue weighted by Gasteiger charge is 1.98. The summed E-state index contributed by atoms with van der Waals surface area (Å²) in [6.45, 7) is 0. The van der Waals surface area contributed by atoms with Gasteiger partial charge in [-0.15, -0.1) is 0 Å². The number of benzene rings is 1. The molecule has 0 unspecified atom stereocenters. The minimum Gasteiger partial charge on any atom is -0.762 e. The molecular weight excluding hydrogens is 148 g/mol. The SMILES string of the molecule is CN(C)C(=C=[N-])c1ccccc1. The fourth-order valence-electron chi connectivity index (χ4n) is 1.02. The predicted octanol–water partition coefficient (Wildman–Crippen LogP) is 1.83. The molecule has 0 aliphatic carbocycles. The molecular formula is C10H11N2-. The van der Waals surface area contributed by atoms with Crippen molar-refractivity contribution in [1.29, 1.82) is 0 Å². The van der Waals surface area contributed by atoms with Crippen LogP contribution in [0.3, 0.4) is 0 Å². The predicted molar refractivity (Wildman–Crippen MR) is 51.9 cm³/mol. The minimum atomic E-state index is 0.690. The van der Waals surface area contributed by atoms with Crippen molar-refractivity contribution in [3.05, 3.63) is 41.3 Å². The van der Waals surface area contributed by atoms with Crippen LogP contribution in [0.25, 0.3) is 11.1 Å². The van der Waals surface area contributed by atoms with Gasteiger partial charge in [0.25, 0.3) is 0 Å². The fraction of sp³-hybridized carbons (Fsp3) is 0.200. The van der Waals surface area contributed by atoms with E-state index in [4.69, 9.17) is 5.41 Å². The van der Waals surface area contributed by atoms with Gasteiger partial charge in [0.05, 0.1) is 5.70 Å². The van der Waals surface area contributed by atoms with E-state index in [9.17, 15) is 0 Å². The summed E-state index contributed by atoms with van der Waals surface area (Å²) in [5.74, 6) is 2.16. The van der Waals surface area contributed by atoms with Crippen molar-refractivity contribution in [2.45, 2.75) is 0 Å². The first-order valence-corrected chi connectivity index (χ1v) is 3.75. The van der Waals surface area contributed by atoms with Gasteiger partial charge in [-0.25, -0.2) is 5.87 Å². The Balaban J connectivity index is 3.06. The van der Waals surface area contributed by atoms with Crippen LogP contribution in [0.4, 0.5) is 0 Å². The van der Waals surface area contributed by atoms with Crippen molar-refractivity contribution in [2.24, 2.45) is 0 Å². The van der Waals surface area contributed by atoms with Gasteiger partial charge in [-0.05, 0) is 0 Å². The monoisotopic (exact) mass is 159 g/mol. The molecule has 0 spiro atoms. The lowest BCUT2D eigenvalue weighted by atomic mass is 10.1. The molecule has 0 radical (unpaired) electrons. The van der Waals surface area contributed by atoms with Gasteiger partial charge < -0.3 is 10.3 Å². The van der Waals surface area contributed by atoms with Crippen molar-refractivity contribution >= 4 is 11.6 Å². The summed E-state index contributed by atoms with van der Waals surface area (Å²) in [7, 11) is 3.73. The van der Waals surface area contributed by atoms with Gasteiger partial charge in [-0.2, -0.15) is 0 Å². The lowest BCUT2D eigenvalue weighted by Gasteiger charge is -2.16. The average molecular weight is 159 g/mol. The van der Waals surface area contributed by atoms with Crippen LogP contribution >= 0.6 is 0 Å². The molecule has 0 heterocycles. The fourth-order valence-corrected chi connectivity index (χ4v) is 1.02. The molecule has 0 aliphatic heterocycles. The highest BCUT2D eigenvalue weighted by atomic mass is 15.1. The first-order valence-electron chi connectivity index (χ1n) is 3.75. The lowest BCUT2D eigenvalue weighted by Crippen LogP contribution is -2.09. The average Bonchev–Trinajstić information content (AvgIpc) is 2.07. The Bertz CT molecular complexity index is 295. The molecule has 0 bridgehead atoms. The van der Waals surface area contributed by atoms with Crippen LogP contribution in [0, 0.1) is 0 Å². The Hall–Kier alpha value is -1.53. The van der Waals surface area contributed by atoms with Crippen LogP contribution in [-0.4, -0.2) is 24.9 Å². The molecule has 1 rings (SSSR count). The van der Waals surface area contributed by atoms with E-state index in [0.29, 0.717) is 5.70 Å². The molecule has 0 atom stereocenters. The summed E-state index contributed by atoms with van der Waals surface area (Å²) in [4.78, 5) is 1.81. The smallest absolute Gasteiger partial charge is 0.0633 e. The van der Waals surface area contributed by atoms with Crippen molar-refractivity contribution in [3.8, 4) is 0 Å². The van der Waals surface area contributed by atoms with Gasteiger partial charge in [0.2, 0.25) is 0 Å². The van der Waals surface area contributed by atoms with E-state index in [2.05, 4.69) is 5.87 Å². The van der Waals surface area contributed by atoms with E-state index in [0.717, 1.165) is 5.56 Å². The largest absolute Gasteiger partial charge is 0.762 e. The summed E-state index contributed by atoms with van der Waals surface area (Å²) in [5.41, 5.74) is 1.65. The van der Waals surface area contributed by atoms with Gasteiger partial charge in [0.1, 0.15) is 0 Å². The topological polar surface area (TPSA) is 25.5 Å². The molecule has 0 amide bonds. The first-order chi connectivity index (χ1) is 5.75. The number of hydrogen-bond donors (Lipinski definition) is 0. The number of hydrogen-bond acceptors (Lipinski definition) is 1. The molecule has 2 nitrogen and oxygen atoms in total. The molecule has 0 saturated carbocycles. The van der Waals surface area contributed by atoms with Gasteiger partial charge in [-0.3, -0.25) is 0 Å². The van der Waals surface area contributed by atoms with Gasteiger partial charge in [-0.1, -0.05) is 30.3 Å². The van der Waals surface area contributed by atoms with E-state index in [1.807, 2.05) is 49.3 Å². The second-order valence-corrected chi connectivity index (χ2v) is 2.72. The van der Waals surface area contributed by atoms with Crippen LogP contribution in [0.15, 0.2) is 30.3 Å². The van der Waals surface area contributed by atoms with Crippen molar-refractivity contribution < 1.29 is 0 Å². The first kappa shape index (κ1) is 8.57. The van der Waals surface area contributed by atoms with Crippen LogP contribution < -0.4 is 0 Å². The van der Waals surface area contributed by atoms with Crippen molar-refractivity contribution in [2.75, 3.05) is 14.1 Å². The third-order valence-corrected chi connectivity index (χ3v) is 1.60. The number of rotatable bonds is 2. The second-order valence-electron chi connectivity index (χ2n) is 2.72. The molecule has 0 N–H and O–H groups in total. The zero-order chi connectivity index (χ0) is 8.97. The van der Waals surface area contributed by atoms with Crippen LogP contribution in [0.1, 0.15) is 5.56 Å². The molecule has 1 aromatic carbocycles. The van der Waals surface area contributed by atoms with Crippen LogP contribution in [0.5, 0.6) is 0 Å². The summed E-state index contributed by atoms with van der Waals surface area (Å²) in [6, 6.07) is 9.65. The third kappa shape index (κ3) is 1.74. The highest BCUT2D eigenvalue weighted by Crippen LogP contribution is 2.11. The Morgan fingerprint density at radius 3 is 2.25 bits per heavy atom. The molecule has 0 saturated heterocycles. The maximum Gasteiger partial charge on any atom is 0.0633 e. The number of nitrogens with zero attached hydrogens (tertiary/aromatic N) is 2. The molecule has 62 valence electrons. The van der Waals surface area contributed by atoms with Crippen LogP contribution in [0.2, 0.25) is 0 Å². The normalized spacial score (nSPS) is 8.83. The minimum absolute atomic E-state index is 0.690. The zero-order valence-corrected chi connectivity index (χ0v) is 7.28. The zero-order valence-electron chi connectivity index (χ0n) is 7.28. The van der Waals surface area contributed by atoms with Crippen molar-refractivity contribution in [3.63, 3.8) is 0 Å². The summed E-state index contributed by atoms with van der Waals surface area (Å²) < 4.78 is 0. The third-order valence-electron chi connectivity index (χ3n) is 1.60. The van der Waals surface area contributed by atoms with Gasteiger partial charge >= 0.3 is 0 Å². The van der Waals surface area contributed by atoms with Gasteiger partial charge in [0, 0.05) is 19.7 Å². The Kier molecular flexibility index (Phi) is 2.67. The standard InChI is InChI=1S/C10H11N2/c1-12(2)10(8-11)9-6-4-3-5-7-9/h3-7H,1-2H3/q-1. The Morgan fingerprint density at radius 1 is 1.25 bits per heavy atom. The van der Waals surface area contributed by atoms with E-state index < -0.39 is 0 Å². The summed E-state index contributed by atoms with van der Waals surface area (Å²) >= 11 is 0.